The molecule has 1 unspecified atom stereocenters. The number of H-pyrrole nitrogens is 1. The molecule has 0 radical (unpaired) electrons. The fourth-order valence-corrected chi connectivity index (χ4v) is 5.67. The first-order valence-corrected chi connectivity index (χ1v) is 16.4. The third-order valence-corrected chi connectivity index (χ3v) is 12.4. The lowest BCUT2D eigenvalue weighted by Gasteiger charge is -2.48. The quantitative estimate of drug-likeness (QED) is 0.143. The van der Waals surface area contributed by atoms with Crippen molar-refractivity contribution in [3.8, 4) is 16.9 Å². The van der Waals surface area contributed by atoms with E-state index in [-0.39, 0.29) is 11.3 Å². The van der Waals surface area contributed by atoms with Crippen LogP contribution in [-0.4, -0.2) is 49.9 Å². The molecular formula is C27H42ClN6O3Si. The highest BCUT2D eigenvalue weighted by Crippen LogP contribution is 2.40. The largest absolute Gasteiger partial charge is 0.563 e. The van der Waals surface area contributed by atoms with Crippen LogP contribution in [0.4, 0.5) is 0 Å². The Morgan fingerprint density at radius 2 is 2.11 bits per heavy atom. The Kier molecular flexibility index (Phi) is 8.48. The van der Waals surface area contributed by atoms with Crippen LogP contribution < -0.4 is 21.0 Å². The van der Waals surface area contributed by atoms with E-state index in [0.717, 1.165) is 47.9 Å². The lowest BCUT2D eigenvalue weighted by molar-refractivity contribution is -0.810. The predicted molar refractivity (Wildman–Crippen MR) is 155 cm³/mol. The van der Waals surface area contributed by atoms with Gasteiger partial charge in [0.15, 0.2) is 0 Å². The van der Waals surface area contributed by atoms with Gasteiger partial charge >= 0.3 is 0 Å². The van der Waals surface area contributed by atoms with Gasteiger partial charge in [0, 0.05) is 29.8 Å². The van der Waals surface area contributed by atoms with Crippen molar-refractivity contribution < 1.29 is 18.6 Å². The first-order chi connectivity index (χ1) is 17.9. The van der Waals surface area contributed by atoms with E-state index >= 15 is 0 Å². The number of ether oxygens (including phenoxy) is 2. The first kappa shape index (κ1) is 28.5. The molecule has 9 nitrogen and oxygen atoms in total. The second-order valence-electron chi connectivity index (χ2n) is 11.4. The Hall–Kier alpha value is -2.50. The zero-order valence-corrected chi connectivity index (χ0v) is 25.1. The minimum Gasteiger partial charge on any atom is -0.563 e. The molecule has 209 valence electrons. The lowest BCUT2D eigenvalue weighted by atomic mass is 10.1. The van der Waals surface area contributed by atoms with E-state index in [1.54, 1.807) is 18.3 Å². The van der Waals surface area contributed by atoms with Gasteiger partial charge in [-0.1, -0.05) is 37.1 Å². The maximum atomic E-state index is 6.60. The van der Waals surface area contributed by atoms with Gasteiger partial charge < -0.3 is 29.2 Å². The molecule has 4 rings (SSSR count). The van der Waals surface area contributed by atoms with Crippen LogP contribution in [0, 0.1) is 0 Å². The minimum atomic E-state index is -1.86. The van der Waals surface area contributed by atoms with Gasteiger partial charge in [-0.2, -0.15) is 5.10 Å². The highest BCUT2D eigenvalue weighted by molar-refractivity contribution is 6.74. The average molecular weight is 562 g/mol. The highest BCUT2D eigenvalue weighted by atomic mass is 35.5. The zero-order valence-electron chi connectivity index (χ0n) is 23.4. The molecule has 0 saturated carbocycles. The van der Waals surface area contributed by atoms with Crippen LogP contribution in [-0.2, 0) is 9.16 Å². The number of methoxy groups -OCH3 is 1. The number of fused-ring (bicyclic) bond motifs is 1. The van der Waals surface area contributed by atoms with Crippen LogP contribution in [0.1, 0.15) is 46.3 Å². The molecule has 11 heteroatoms. The molecule has 3 aromatic rings. The summed E-state index contributed by atoms with van der Waals surface area (Å²) < 4.78 is 21.9. The number of hydrogen-bond acceptors (Lipinski definition) is 6. The van der Waals surface area contributed by atoms with E-state index in [4.69, 9.17) is 37.1 Å². The number of aromatic nitrogens is 3. The minimum absolute atomic E-state index is 0.00601. The summed E-state index contributed by atoms with van der Waals surface area (Å²) in [5.74, 6) is 7.44. The predicted octanol–water partition coefficient (Wildman–Crippen LogP) is 5.20. The summed E-state index contributed by atoms with van der Waals surface area (Å²) in [6.45, 7) is 12.9. The first-order valence-electron chi connectivity index (χ1n) is 13.1. The van der Waals surface area contributed by atoms with E-state index in [9.17, 15) is 0 Å². The van der Waals surface area contributed by atoms with Gasteiger partial charge in [0.25, 0.3) is 6.23 Å². The Bertz CT molecular complexity index is 1290. The topological polar surface area (TPSA) is 108 Å². The molecule has 3 heterocycles. The number of nitrogens with two attached hydrogens (primary N) is 2. The van der Waals surface area contributed by atoms with Crippen LogP contribution >= 0.6 is 11.6 Å². The fourth-order valence-electron chi connectivity index (χ4n) is 4.43. The van der Waals surface area contributed by atoms with E-state index in [0.29, 0.717) is 29.7 Å². The van der Waals surface area contributed by atoms with E-state index < -0.39 is 8.32 Å². The normalized spacial score (nSPS) is 17.3. The van der Waals surface area contributed by atoms with E-state index in [1.807, 2.05) is 33.8 Å². The summed E-state index contributed by atoms with van der Waals surface area (Å²) in [4.78, 5) is 0. The molecule has 1 aliphatic rings. The van der Waals surface area contributed by atoms with Crippen LogP contribution in [0.15, 0.2) is 36.9 Å². The number of nitrogens with one attached hydrogen (secondary N) is 1. The highest BCUT2D eigenvalue weighted by Gasteiger charge is 2.27. The summed E-state index contributed by atoms with van der Waals surface area (Å²) >= 11 is 6.47. The average Bonchev–Trinajstić information content (AvgIpc) is 3.48. The van der Waals surface area contributed by atoms with Crippen LogP contribution in [0.2, 0.25) is 23.2 Å². The Morgan fingerprint density at radius 1 is 1.34 bits per heavy atom. The van der Waals surface area contributed by atoms with Crippen molar-refractivity contribution in [1.29, 1.82) is 0 Å². The van der Waals surface area contributed by atoms with E-state index in [1.165, 1.54) is 0 Å². The zero-order chi connectivity index (χ0) is 27.7. The van der Waals surface area contributed by atoms with Crippen LogP contribution in [0.5, 0.6) is 5.75 Å². The van der Waals surface area contributed by atoms with Crippen molar-refractivity contribution >= 4 is 36.6 Å². The van der Waals surface area contributed by atoms with Gasteiger partial charge in [-0.05, 0) is 33.3 Å². The van der Waals surface area contributed by atoms with Crippen molar-refractivity contribution in [2.24, 2.45) is 11.6 Å². The van der Waals surface area contributed by atoms with Gasteiger partial charge in [-0.3, -0.25) is 0 Å². The van der Waals surface area contributed by atoms with E-state index in [2.05, 4.69) is 45.2 Å². The van der Waals surface area contributed by atoms with Crippen LogP contribution in [0.25, 0.3) is 27.9 Å². The number of halogens is 1. The summed E-state index contributed by atoms with van der Waals surface area (Å²) in [6.07, 6.45) is 11.0. The smallest absolute Gasteiger partial charge is 0.285 e. The second-order valence-corrected chi connectivity index (χ2v) is 16.6. The number of benzene rings is 1. The standard InChI is InChI=1S/C27H41ClN6O3Si/c1-27(2,3)38(5,6)37-12-10-32(30)18-24(29)33-17-21(26-22(33)13-20(28)14-23(26)35-4)19-15-31-34(16-19)25-9-7-8-11-36-25/h13-18,25H,7-12,29-30H2,1-6H3/q-1/p+1/b24-18+. The molecule has 0 aliphatic carbocycles. The third-order valence-electron chi connectivity index (χ3n) is 7.67. The van der Waals surface area contributed by atoms with Crippen molar-refractivity contribution in [3.63, 3.8) is 0 Å². The molecular weight excluding hydrogens is 520 g/mol. The monoisotopic (exact) mass is 561 g/mol. The number of aromatic amines is 1. The molecule has 0 amide bonds. The number of nitrogens with zero attached hydrogens (tertiary/aromatic N) is 3. The molecule has 2 aromatic heterocycles. The summed E-state index contributed by atoms with van der Waals surface area (Å²) in [7, 11) is -0.214. The molecule has 1 atom stereocenters. The number of hydrazine groups is 1. The Morgan fingerprint density at radius 3 is 2.76 bits per heavy atom. The summed E-state index contributed by atoms with van der Waals surface area (Å²) in [5, 5.41) is 6.51. The third kappa shape index (κ3) is 6.05. The molecule has 1 aromatic carbocycles. The number of hydrogen-bond donors (Lipinski definition) is 3. The molecule has 1 fully saturated rings. The van der Waals surface area contributed by atoms with Gasteiger partial charge in [0.1, 0.15) is 11.6 Å². The van der Waals surface area contributed by atoms with Gasteiger partial charge in [-0.15, -0.1) is 18.1 Å². The molecule has 0 spiro atoms. The van der Waals surface area contributed by atoms with Crippen molar-refractivity contribution in [2.45, 2.75) is 64.4 Å². The maximum Gasteiger partial charge on any atom is 0.285 e. The Labute approximate surface area is 231 Å². The summed E-state index contributed by atoms with van der Waals surface area (Å²) in [6, 6.07) is 3.70. The molecule has 1 saturated heterocycles. The van der Waals surface area contributed by atoms with Crippen molar-refractivity contribution in [3.05, 3.63) is 41.9 Å². The molecule has 0 bridgehead atoms. The van der Waals surface area contributed by atoms with Crippen LogP contribution in [0.3, 0.4) is 0 Å². The molecule has 1 aliphatic heterocycles. The maximum absolute atomic E-state index is 6.60. The second kappa shape index (κ2) is 11.3. The number of rotatable bonds is 9. The van der Waals surface area contributed by atoms with Crippen molar-refractivity contribution in [2.75, 3.05) is 26.9 Å². The Balaban J connectivity index is 1.64. The van der Waals surface area contributed by atoms with Gasteiger partial charge in [0.2, 0.25) is 6.20 Å². The SMILES string of the molecule is COc1cc(Cl)cc2c1c(-c1c[nH][n+](C3CCCCO3)c1)cn2/C(N)=C/N(N)CCO[Si-](C)(C)C(C)(C)C. The lowest BCUT2D eigenvalue weighted by Crippen LogP contribution is -2.43. The van der Waals surface area contributed by atoms with Gasteiger partial charge in [-0.25, -0.2) is 5.84 Å². The summed E-state index contributed by atoms with van der Waals surface area (Å²) in [5.41, 5.74) is 9.37. The van der Waals surface area contributed by atoms with Gasteiger partial charge in [0.05, 0.1) is 49.1 Å². The molecule has 5 N–H and O–H groups in total. The molecule has 38 heavy (non-hydrogen) atoms. The fraction of sp³-hybridized carbons (Fsp3) is 0.519. The van der Waals surface area contributed by atoms with Crippen molar-refractivity contribution in [1.82, 2.24) is 14.7 Å².